The lowest BCUT2D eigenvalue weighted by atomic mass is 10.2. The summed E-state index contributed by atoms with van der Waals surface area (Å²) in [7, 11) is 0. The van der Waals surface area contributed by atoms with E-state index in [9.17, 15) is 14.7 Å². The molecule has 1 heterocycles. The number of nitrogens with one attached hydrogen (secondary N) is 1. The molecule has 0 unspecified atom stereocenters. The minimum atomic E-state index is -1.07. The summed E-state index contributed by atoms with van der Waals surface area (Å²) in [6.45, 7) is 1.74. The van der Waals surface area contributed by atoms with Crippen molar-refractivity contribution in [1.82, 2.24) is 9.78 Å². The van der Waals surface area contributed by atoms with Crippen LogP contribution in [0.25, 0.3) is 5.69 Å². The second-order valence-corrected chi connectivity index (χ2v) is 5.79. The molecule has 0 aliphatic carbocycles. The number of aromatic amines is 1. The van der Waals surface area contributed by atoms with E-state index in [0.717, 1.165) is 0 Å². The molecule has 3 rings (SSSR count). The number of aromatic carboxylic acids is 1. The van der Waals surface area contributed by atoms with Gasteiger partial charge in [-0.05, 0) is 37.3 Å². The summed E-state index contributed by atoms with van der Waals surface area (Å²) in [6.07, 6.45) is 1.37. The second-order valence-electron chi connectivity index (χ2n) is 5.35. The molecule has 0 radical (unpaired) electrons. The lowest BCUT2D eigenvalue weighted by Gasteiger charge is -2.01. The second kappa shape index (κ2) is 6.78. The third kappa shape index (κ3) is 3.39. The molecule has 0 spiro atoms. The number of H-pyrrole nitrogens is 1. The van der Waals surface area contributed by atoms with E-state index in [1.807, 2.05) is 0 Å². The summed E-state index contributed by atoms with van der Waals surface area (Å²) in [5.74, 6) is -1.07. The normalized spacial score (nSPS) is 11.1. The van der Waals surface area contributed by atoms with Crippen LogP contribution in [0.5, 0.6) is 0 Å². The van der Waals surface area contributed by atoms with E-state index >= 15 is 0 Å². The monoisotopic (exact) mass is 355 g/mol. The third-order valence-electron chi connectivity index (χ3n) is 3.65. The van der Waals surface area contributed by atoms with Crippen LogP contribution in [-0.2, 0) is 0 Å². The molecule has 3 aromatic rings. The lowest BCUT2D eigenvalue weighted by molar-refractivity contribution is 0.0698. The smallest absolute Gasteiger partial charge is 0.337 e. The number of aryl methyl sites for hydroxylation is 1. The van der Waals surface area contributed by atoms with Crippen molar-refractivity contribution in [2.24, 2.45) is 4.99 Å². The van der Waals surface area contributed by atoms with Gasteiger partial charge in [0.25, 0.3) is 5.56 Å². The van der Waals surface area contributed by atoms with Gasteiger partial charge in [-0.3, -0.25) is 14.9 Å². The predicted octanol–water partition coefficient (Wildman–Crippen LogP) is 3.58. The Morgan fingerprint density at radius 2 is 2.00 bits per heavy atom. The number of hydrogen-bond donors (Lipinski definition) is 2. The van der Waals surface area contributed by atoms with Crippen molar-refractivity contribution in [2.45, 2.75) is 6.92 Å². The van der Waals surface area contributed by atoms with Crippen LogP contribution in [0.4, 0.5) is 5.69 Å². The van der Waals surface area contributed by atoms with E-state index in [4.69, 9.17) is 11.6 Å². The number of para-hydroxylation sites is 1. The van der Waals surface area contributed by atoms with Crippen molar-refractivity contribution in [3.05, 3.63) is 80.7 Å². The van der Waals surface area contributed by atoms with Crippen LogP contribution >= 0.6 is 11.6 Å². The maximum atomic E-state index is 12.6. The van der Waals surface area contributed by atoms with Gasteiger partial charge in [-0.2, -0.15) is 0 Å². The average Bonchev–Trinajstić information content (AvgIpc) is 2.87. The number of rotatable bonds is 4. The van der Waals surface area contributed by atoms with Crippen LogP contribution in [-0.4, -0.2) is 27.1 Å². The number of hydrogen-bond acceptors (Lipinski definition) is 3. The molecule has 2 aromatic carbocycles. The number of nitrogens with zero attached hydrogens (tertiary/aromatic N) is 2. The van der Waals surface area contributed by atoms with Gasteiger partial charge in [-0.15, -0.1) is 0 Å². The molecule has 2 N–H and O–H groups in total. The van der Waals surface area contributed by atoms with Gasteiger partial charge in [0.15, 0.2) is 0 Å². The Morgan fingerprint density at radius 1 is 1.24 bits per heavy atom. The van der Waals surface area contributed by atoms with Gasteiger partial charge < -0.3 is 5.11 Å². The molecule has 25 heavy (non-hydrogen) atoms. The zero-order chi connectivity index (χ0) is 18.0. The lowest BCUT2D eigenvalue weighted by Crippen LogP contribution is -2.17. The summed E-state index contributed by atoms with van der Waals surface area (Å²) in [5.41, 5.74) is 1.62. The van der Waals surface area contributed by atoms with Gasteiger partial charge in [-0.25, -0.2) is 9.48 Å². The Labute approximate surface area is 148 Å². The number of carboxylic acids is 1. The van der Waals surface area contributed by atoms with Crippen molar-refractivity contribution in [2.75, 3.05) is 0 Å². The highest BCUT2D eigenvalue weighted by atomic mass is 35.5. The SMILES string of the molecule is Cc1[nH]n(-c2cccc(Cl)c2)c(=O)c1C=Nc1ccccc1C(=O)O. The number of carbonyl (C=O) groups is 1. The number of aliphatic imine (C=N–C) groups is 1. The Morgan fingerprint density at radius 3 is 2.72 bits per heavy atom. The number of aromatic nitrogens is 2. The van der Waals surface area contributed by atoms with Crippen molar-refractivity contribution in [3.63, 3.8) is 0 Å². The van der Waals surface area contributed by atoms with Crippen molar-refractivity contribution < 1.29 is 9.90 Å². The minimum Gasteiger partial charge on any atom is -0.478 e. The molecule has 0 aliphatic heterocycles. The maximum absolute atomic E-state index is 12.6. The summed E-state index contributed by atoms with van der Waals surface area (Å²) >= 11 is 5.97. The highest BCUT2D eigenvalue weighted by Crippen LogP contribution is 2.19. The minimum absolute atomic E-state index is 0.0714. The fourth-order valence-corrected chi connectivity index (χ4v) is 2.59. The molecule has 6 nitrogen and oxygen atoms in total. The molecule has 0 atom stereocenters. The van der Waals surface area contributed by atoms with Crippen molar-refractivity contribution >= 4 is 29.5 Å². The number of halogens is 1. The van der Waals surface area contributed by atoms with Gasteiger partial charge >= 0.3 is 5.97 Å². The standard InChI is InChI=1S/C18H14ClN3O3/c1-11-15(10-20-16-8-3-2-7-14(16)18(24)25)17(23)22(21-11)13-6-4-5-12(19)9-13/h2-10,21H,1H3,(H,24,25). The van der Waals surface area contributed by atoms with Crippen LogP contribution < -0.4 is 5.56 Å². The zero-order valence-electron chi connectivity index (χ0n) is 13.2. The molecular formula is C18H14ClN3O3. The Hall–Kier alpha value is -3.12. The first-order valence-corrected chi connectivity index (χ1v) is 7.79. The predicted molar refractivity (Wildman–Crippen MR) is 96.8 cm³/mol. The highest BCUT2D eigenvalue weighted by Gasteiger charge is 2.12. The zero-order valence-corrected chi connectivity index (χ0v) is 14.0. The molecule has 0 amide bonds. The van der Waals surface area contributed by atoms with Crippen molar-refractivity contribution in [1.29, 1.82) is 0 Å². The Kier molecular flexibility index (Phi) is 4.54. The Bertz CT molecular complexity index is 1030. The van der Waals surface area contributed by atoms with E-state index < -0.39 is 5.97 Å². The van der Waals surface area contributed by atoms with Gasteiger partial charge in [0.1, 0.15) is 0 Å². The van der Waals surface area contributed by atoms with Crippen LogP contribution in [0.3, 0.4) is 0 Å². The van der Waals surface area contributed by atoms with Gasteiger partial charge in [0.05, 0.1) is 22.5 Å². The quantitative estimate of drug-likeness (QED) is 0.701. The first kappa shape index (κ1) is 16.7. The summed E-state index contributed by atoms with van der Waals surface area (Å²) in [6, 6.07) is 13.2. The van der Waals surface area contributed by atoms with E-state index in [2.05, 4.69) is 10.1 Å². The van der Waals surface area contributed by atoms with E-state index in [1.165, 1.54) is 17.0 Å². The van der Waals surface area contributed by atoms with Crippen molar-refractivity contribution in [3.8, 4) is 5.69 Å². The number of carboxylic acid groups (broad SMARTS) is 1. The molecule has 126 valence electrons. The molecule has 7 heteroatoms. The van der Waals surface area contributed by atoms with E-state index in [1.54, 1.807) is 49.4 Å². The van der Waals surface area contributed by atoms with E-state index in [0.29, 0.717) is 22.0 Å². The third-order valence-corrected chi connectivity index (χ3v) is 3.89. The van der Waals surface area contributed by atoms with Crippen LogP contribution in [0.15, 0.2) is 58.3 Å². The maximum Gasteiger partial charge on any atom is 0.337 e. The fourth-order valence-electron chi connectivity index (χ4n) is 2.41. The molecule has 1 aromatic heterocycles. The fraction of sp³-hybridized carbons (Fsp3) is 0.0556. The van der Waals surface area contributed by atoms with Crippen LogP contribution in [0.2, 0.25) is 5.02 Å². The summed E-state index contributed by atoms with van der Waals surface area (Å²) in [5, 5.41) is 12.7. The average molecular weight is 356 g/mol. The van der Waals surface area contributed by atoms with Gasteiger partial charge in [0.2, 0.25) is 0 Å². The molecule has 0 saturated carbocycles. The summed E-state index contributed by atoms with van der Waals surface area (Å²) < 4.78 is 1.37. The van der Waals surface area contributed by atoms with Gasteiger partial charge in [0, 0.05) is 16.9 Å². The molecule has 0 aliphatic rings. The highest BCUT2D eigenvalue weighted by molar-refractivity contribution is 6.30. The van der Waals surface area contributed by atoms with Crippen LogP contribution in [0.1, 0.15) is 21.6 Å². The molecule has 0 fully saturated rings. The van der Waals surface area contributed by atoms with Crippen LogP contribution in [0, 0.1) is 6.92 Å². The van der Waals surface area contributed by atoms with E-state index in [-0.39, 0.29) is 16.8 Å². The Balaban J connectivity index is 2.03. The first-order chi connectivity index (χ1) is 12.0. The molecule has 0 bridgehead atoms. The largest absolute Gasteiger partial charge is 0.478 e. The summed E-state index contributed by atoms with van der Waals surface area (Å²) in [4.78, 5) is 28.0. The topological polar surface area (TPSA) is 87.5 Å². The molecular weight excluding hydrogens is 342 g/mol. The first-order valence-electron chi connectivity index (χ1n) is 7.41. The van der Waals surface area contributed by atoms with Gasteiger partial charge in [-0.1, -0.05) is 29.8 Å². The number of benzene rings is 2. The molecule has 0 saturated heterocycles.